The van der Waals surface area contributed by atoms with Crippen molar-refractivity contribution in [2.45, 2.75) is 0 Å². The number of hydrogen-bond acceptors (Lipinski definition) is 1. The topological polar surface area (TPSA) is 77.8 Å². The molecule has 0 atom stereocenters. The van der Waals surface area contributed by atoms with Crippen LogP contribution >= 0.6 is 20.2 Å². The fraction of sp³-hybridized carbons (Fsp3) is 0. The van der Waals surface area contributed by atoms with Crippen molar-refractivity contribution in [1.82, 2.24) is 0 Å². The van der Waals surface area contributed by atoms with Crippen LogP contribution in [0.15, 0.2) is 0 Å². The summed E-state index contributed by atoms with van der Waals surface area (Å²) in [6, 6.07) is 0. The van der Waals surface area contributed by atoms with Crippen LogP contribution in [-0.4, -0.2) is 104 Å². The number of hydrogen-bond donors (Lipinski definition) is 3. The summed E-state index contributed by atoms with van der Waals surface area (Å²) in [7, 11) is -4.64. The fourth-order valence-corrected chi connectivity index (χ4v) is 0. The molecule has 8 heavy (non-hydrogen) atoms. The Kier molecular flexibility index (Phi) is 29.0. The van der Waals surface area contributed by atoms with Crippen molar-refractivity contribution in [1.29, 1.82) is 0 Å². The molecule has 0 spiro atoms. The van der Waals surface area contributed by atoms with E-state index in [0.29, 0.717) is 0 Å². The Bertz CT molecular complexity index is 62.2. The van der Waals surface area contributed by atoms with Crippen LogP contribution in [-0.2, 0) is 4.57 Å². The Morgan fingerprint density at radius 1 is 1.12 bits per heavy atom. The second-order valence-electron chi connectivity index (χ2n) is 0.513. The second-order valence-corrected chi connectivity index (χ2v) is 1.54. The summed E-state index contributed by atoms with van der Waals surface area (Å²) in [6.45, 7) is 0. The summed E-state index contributed by atoms with van der Waals surface area (Å²) in [5.74, 6) is 0. The van der Waals surface area contributed by atoms with Gasteiger partial charge in [-0.2, -0.15) is 0 Å². The van der Waals surface area contributed by atoms with Crippen molar-refractivity contribution in [2.75, 3.05) is 0 Å². The second kappa shape index (κ2) is 10.3. The van der Waals surface area contributed by atoms with Gasteiger partial charge in [0.15, 0.2) is 0 Å². The zero-order chi connectivity index (χ0) is 4.50. The molecule has 3 N–H and O–H groups in total. The van der Waals surface area contributed by atoms with Gasteiger partial charge in [-0.3, -0.25) is 0 Å². The average Bonchev–Trinajstić information content (AvgIpc) is 0.722. The molecule has 0 bridgehead atoms. The molecular weight excluding hydrogens is 210 g/mol. The summed E-state index contributed by atoms with van der Waals surface area (Å²) in [5.41, 5.74) is 0. The van der Waals surface area contributed by atoms with Gasteiger partial charge in [-0.25, -0.2) is 4.57 Å². The molecule has 0 aliphatic heterocycles. The maximum absolute atomic E-state index is 8.88. The van der Waals surface area contributed by atoms with E-state index in [0.717, 1.165) is 0 Å². The van der Waals surface area contributed by atoms with Crippen molar-refractivity contribution in [3.8, 4) is 0 Å². The van der Waals surface area contributed by atoms with Gasteiger partial charge in [0, 0.05) is 0 Å². The van der Waals surface area contributed by atoms with Crippen LogP contribution in [0.4, 0.5) is 0 Å². The molecular formula is H7CaClKO4P. The van der Waals surface area contributed by atoms with E-state index in [2.05, 4.69) is 0 Å². The van der Waals surface area contributed by atoms with Crippen LogP contribution in [0.1, 0.15) is 0 Å². The minimum atomic E-state index is -4.64. The number of phosphoric acid groups is 1. The Labute approximate surface area is 125 Å². The molecule has 0 saturated heterocycles. The first-order valence-corrected chi connectivity index (χ1v) is 2.35. The Morgan fingerprint density at radius 3 is 1.12 bits per heavy atom. The van der Waals surface area contributed by atoms with Gasteiger partial charge < -0.3 is 14.7 Å². The standard InChI is InChI=1S/Ca.ClH.K.H3O4P.3H/c;;;1-5(2,3)4;;;/h;1H;;(H3,1,2,3,4);;;. The maximum atomic E-state index is 8.88. The van der Waals surface area contributed by atoms with Gasteiger partial charge in [0.05, 0.1) is 0 Å². The molecule has 0 heterocycles. The van der Waals surface area contributed by atoms with E-state index >= 15 is 0 Å². The first-order chi connectivity index (χ1) is 2.00. The minimum absolute atomic E-state index is 0. The molecule has 0 aromatic heterocycles. The fourth-order valence-electron chi connectivity index (χ4n) is 0. The SMILES string of the molecule is Cl.O=P(O)(O)O.[CaH2].[KH]. The zero-order valence-corrected chi connectivity index (χ0v) is 4.32. The van der Waals surface area contributed by atoms with Gasteiger partial charge in [-0.05, 0) is 0 Å². The van der Waals surface area contributed by atoms with E-state index in [4.69, 9.17) is 19.2 Å². The van der Waals surface area contributed by atoms with E-state index in [1.54, 1.807) is 0 Å². The van der Waals surface area contributed by atoms with E-state index < -0.39 is 7.82 Å². The van der Waals surface area contributed by atoms with Crippen LogP contribution in [0.3, 0.4) is 0 Å². The average molecular weight is 217 g/mol. The van der Waals surface area contributed by atoms with Crippen molar-refractivity contribution < 1.29 is 19.2 Å². The van der Waals surface area contributed by atoms with E-state index in [9.17, 15) is 0 Å². The van der Waals surface area contributed by atoms with Crippen LogP contribution < -0.4 is 0 Å². The van der Waals surface area contributed by atoms with Crippen LogP contribution in [0.5, 0.6) is 0 Å². The van der Waals surface area contributed by atoms with Crippen molar-refractivity contribution >= 4 is 109 Å². The predicted octanol–water partition coefficient (Wildman–Crippen LogP) is -2.07. The van der Waals surface area contributed by atoms with Crippen molar-refractivity contribution in [3.63, 3.8) is 0 Å². The van der Waals surface area contributed by atoms with Crippen LogP contribution in [0.25, 0.3) is 0 Å². The molecule has 0 saturated carbocycles. The first kappa shape index (κ1) is 22.5. The molecule has 0 fully saturated rings. The first-order valence-electron chi connectivity index (χ1n) is 0.783. The Hall–Kier alpha value is 3.30. The zero-order valence-electron chi connectivity index (χ0n) is 2.61. The molecule has 0 unspecified atom stereocenters. The third-order valence-electron chi connectivity index (χ3n) is 0. The number of halogens is 1. The van der Waals surface area contributed by atoms with E-state index in [-0.39, 0.29) is 102 Å². The van der Waals surface area contributed by atoms with Gasteiger partial charge >= 0.3 is 96.9 Å². The van der Waals surface area contributed by atoms with Crippen molar-refractivity contribution in [2.24, 2.45) is 0 Å². The normalized spacial score (nSPS) is 7.38. The molecule has 0 aromatic rings. The molecule has 8 heteroatoms. The monoisotopic (exact) mass is 216 g/mol. The molecule has 4 nitrogen and oxygen atoms in total. The van der Waals surface area contributed by atoms with Crippen molar-refractivity contribution in [3.05, 3.63) is 0 Å². The summed E-state index contributed by atoms with van der Waals surface area (Å²) in [5, 5.41) is 0. The van der Waals surface area contributed by atoms with Gasteiger partial charge in [0.2, 0.25) is 0 Å². The molecule has 46 valence electrons. The predicted molar refractivity (Wildman–Crippen MR) is 37.2 cm³/mol. The summed E-state index contributed by atoms with van der Waals surface area (Å²) >= 11 is 0. The molecule has 0 radical (unpaired) electrons. The van der Waals surface area contributed by atoms with Gasteiger partial charge in [-0.15, -0.1) is 12.4 Å². The molecule has 0 amide bonds. The molecule has 0 aliphatic carbocycles. The molecule has 0 aromatic carbocycles. The quantitative estimate of drug-likeness (QED) is 0.321. The van der Waals surface area contributed by atoms with Gasteiger partial charge in [0.1, 0.15) is 0 Å². The number of rotatable bonds is 0. The Balaban J connectivity index is -0.0000000267. The molecule has 0 aliphatic rings. The van der Waals surface area contributed by atoms with Gasteiger partial charge in [0.25, 0.3) is 0 Å². The van der Waals surface area contributed by atoms with Crippen LogP contribution in [0, 0.1) is 0 Å². The summed E-state index contributed by atoms with van der Waals surface area (Å²) in [6.07, 6.45) is 0. The van der Waals surface area contributed by atoms with E-state index in [1.165, 1.54) is 0 Å². The third-order valence-corrected chi connectivity index (χ3v) is 0. The molecule has 0 rings (SSSR count). The Morgan fingerprint density at radius 2 is 1.12 bits per heavy atom. The van der Waals surface area contributed by atoms with E-state index in [1.807, 2.05) is 0 Å². The van der Waals surface area contributed by atoms with Crippen LogP contribution in [0.2, 0.25) is 0 Å². The van der Waals surface area contributed by atoms with Gasteiger partial charge in [-0.1, -0.05) is 0 Å². The summed E-state index contributed by atoms with van der Waals surface area (Å²) < 4.78 is 8.88. The summed E-state index contributed by atoms with van der Waals surface area (Å²) in [4.78, 5) is 21.6. The third kappa shape index (κ3) is 58.9.